The van der Waals surface area contributed by atoms with Gasteiger partial charge in [-0.15, -0.1) is 0 Å². The molecule has 1 saturated heterocycles. The third-order valence-corrected chi connectivity index (χ3v) is 6.46. The number of aryl methyl sites for hydroxylation is 1. The van der Waals surface area contributed by atoms with Crippen LogP contribution < -0.4 is 10.1 Å². The first-order valence-corrected chi connectivity index (χ1v) is 9.93. The molecule has 0 saturated carbocycles. The molecule has 0 radical (unpaired) electrons. The quantitative estimate of drug-likeness (QED) is 0.830. The highest BCUT2D eigenvalue weighted by molar-refractivity contribution is 7.89. The van der Waals surface area contributed by atoms with Crippen molar-refractivity contribution in [3.05, 3.63) is 22.7 Å². The van der Waals surface area contributed by atoms with Crippen molar-refractivity contribution >= 4 is 33.2 Å². The number of nitrogens with one attached hydrogen (secondary N) is 1. The number of amides is 1. The summed E-state index contributed by atoms with van der Waals surface area (Å²) < 4.78 is 31.1. The molecule has 0 spiro atoms. The molecule has 1 aliphatic heterocycles. The Balaban J connectivity index is 2.19. The standard InChI is InChI=1S/C16H23ClN2O4S/c1-4-8-24(21,22)19-7-5-6-14(19)16(20)18-13-9-11(2)15(23-3)10-12(13)17/h9-10,14H,4-8H2,1-3H3,(H,18,20). The molecule has 1 atom stereocenters. The maximum atomic E-state index is 12.6. The van der Waals surface area contributed by atoms with E-state index in [1.54, 1.807) is 19.2 Å². The fraction of sp³-hybridized carbons (Fsp3) is 0.562. The zero-order chi connectivity index (χ0) is 17.9. The predicted molar refractivity (Wildman–Crippen MR) is 95.2 cm³/mol. The summed E-state index contributed by atoms with van der Waals surface area (Å²) in [4.78, 5) is 12.6. The zero-order valence-electron chi connectivity index (χ0n) is 14.1. The van der Waals surface area contributed by atoms with Gasteiger partial charge in [-0.1, -0.05) is 18.5 Å². The molecule has 1 N–H and O–H groups in total. The molecule has 8 heteroatoms. The molecule has 134 valence electrons. The summed E-state index contributed by atoms with van der Waals surface area (Å²) in [5.74, 6) is 0.337. The monoisotopic (exact) mass is 374 g/mol. The highest BCUT2D eigenvalue weighted by Crippen LogP contribution is 2.31. The average Bonchev–Trinajstić information content (AvgIpc) is 3.01. The van der Waals surface area contributed by atoms with Crippen LogP contribution in [0, 0.1) is 6.92 Å². The minimum absolute atomic E-state index is 0.0547. The first kappa shape index (κ1) is 19.0. The van der Waals surface area contributed by atoms with E-state index in [0.29, 0.717) is 42.3 Å². The third kappa shape index (κ3) is 4.02. The van der Waals surface area contributed by atoms with Crippen molar-refractivity contribution in [3.63, 3.8) is 0 Å². The molecule has 1 heterocycles. The van der Waals surface area contributed by atoms with Gasteiger partial charge in [-0.2, -0.15) is 4.31 Å². The second-order valence-electron chi connectivity index (χ2n) is 5.88. The Hall–Kier alpha value is -1.31. The lowest BCUT2D eigenvalue weighted by atomic mass is 10.1. The molecule has 24 heavy (non-hydrogen) atoms. The van der Waals surface area contributed by atoms with Crippen molar-refractivity contribution in [1.29, 1.82) is 0 Å². The van der Waals surface area contributed by atoms with Crippen LogP contribution in [-0.2, 0) is 14.8 Å². The second kappa shape index (κ2) is 7.72. The zero-order valence-corrected chi connectivity index (χ0v) is 15.7. The van der Waals surface area contributed by atoms with Gasteiger partial charge in [0.05, 0.1) is 23.6 Å². The fourth-order valence-corrected chi connectivity index (χ4v) is 4.85. The Morgan fingerprint density at radius 2 is 2.17 bits per heavy atom. The number of hydrogen-bond acceptors (Lipinski definition) is 4. The van der Waals surface area contributed by atoms with Crippen LogP contribution in [0.3, 0.4) is 0 Å². The van der Waals surface area contributed by atoms with Crippen LogP contribution in [0.2, 0.25) is 5.02 Å². The van der Waals surface area contributed by atoms with E-state index in [-0.39, 0.29) is 11.7 Å². The smallest absolute Gasteiger partial charge is 0.242 e. The van der Waals surface area contributed by atoms with Crippen LogP contribution >= 0.6 is 11.6 Å². The van der Waals surface area contributed by atoms with Crippen molar-refractivity contribution in [1.82, 2.24) is 4.31 Å². The van der Waals surface area contributed by atoms with Crippen LogP contribution in [-0.4, -0.2) is 44.1 Å². The predicted octanol–water partition coefficient (Wildman–Crippen LogP) is 2.80. The van der Waals surface area contributed by atoms with E-state index in [4.69, 9.17) is 16.3 Å². The van der Waals surface area contributed by atoms with Crippen molar-refractivity contribution in [2.24, 2.45) is 0 Å². The molecule has 1 aromatic carbocycles. The molecule has 0 bridgehead atoms. The molecule has 1 unspecified atom stereocenters. The number of sulfonamides is 1. The first-order valence-electron chi connectivity index (χ1n) is 7.94. The third-order valence-electron chi connectivity index (χ3n) is 4.07. The van der Waals surface area contributed by atoms with Gasteiger partial charge in [0.2, 0.25) is 15.9 Å². The Kier molecular flexibility index (Phi) is 6.11. The summed E-state index contributed by atoms with van der Waals surface area (Å²) >= 11 is 6.18. The Morgan fingerprint density at radius 3 is 2.79 bits per heavy atom. The molecular formula is C16H23ClN2O4S. The van der Waals surface area contributed by atoms with E-state index in [0.717, 1.165) is 5.56 Å². The number of carbonyl (C=O) groups is 1. The molecule has 1 aromatic rings. The van der Waals surface area contributed by atoms with E-state index in [1.165, 1.54) is 4.31 Å². The highest BCUT2D eigenvalue weighted by atomic mass is 35.5. The summed E-state index contributed by atoms with van der Waals surface area (Å²) in [6.07, 6.45) is 1.72. The lowest BCUT2D eigenvalue weighted by molar-refractivity contribution is -0.119. The van der Waals surface area contributed by atoms with Crippen LogP contribution in [0.4, 0.5) is 5.69 Å². The Bertz CT molecular complexity index is 721. The number of carbonyl (C=O) groups excluding carboxylic acids is 1. The van der Waals surface area contributed by atoms with Gasteiger partial charge in [-0.25, -0.2) is 8.42 Å². The summed E-state index contributed by atoms with van der Waals surface area (Å²) in [5, 5.41) is 3.11. The normalized spacial score (nSPS) is 18.6. The number of halogens is 1. The van der Waals surface area contributed by atoms with E-state index in [1.807, 2.05) is 13.8 Å². The number of rotatable bonds is 6. The van der Waals surface area contributed by atoms with Gasteiger partial charge in [0.1, 0.15) is 11.8 Å². The van der Waals surface area contributed by atoms with E-state index >= 15 is 0 Å². The number of anilines is 1. The maximum Gasteiger partial charge on any atom is 0.242 e. The molecule has 2 rings (SSSR count). The van der Waals surface area contributed by atoms with Gasteiger partial charge in [0.25, 0.3) is 0 Å². The van der Waals surface area contributed by atoms with Crippen molar-refractivity contribution in [2.75, 3.05) is 24.7 Å². The van der Waals surface area contributed by atoms with Gasteiger partial charge < -0.3 is 10.1 Å². The number of benzene rings is 1. The molecule has 0 aromatic heterocycles. The SMILES string of the molecule is CCCS(=O)(=O)N1CCCC1C(=O)Nc1cc(C)c(OC)cc1Cl. The lowest BCUT2D eigenvalue weighted by Crippen LogP contribution is -2.44. The van der Waals surface area contributed by atoms with Crippen molar-refractivity contribution in [2.45, 2.75) is 39.2 Å². The van der Waals surface area contributed by atoms with E-state index in [2.05, 4.69) is 5.32 Å². The first-order chi connectivity index (χ1) is 11.3. The largest absolute Gasteiger partial charge is 0.496 e. The van der Waals surface area contributed by atoms with E-state index < -0.39 is 16.1 Å². The Labute approximate surface area is 148 Å². The van der Waals surface area contributed by atoms with Gasteiger partial charge >= 0.3 is 0 Å². The number of ether oxygens (including phenoxy) is 1. The van der Waals surface area contributed by atoms with Crippen molar-refractivity contribution < 1.29 is 17.9 Å². The average molecular weight is 375 g/mol. The van der Waals surface area contributed by atoms with Crippen LogP contribution in [0.1, 0.15) is 31.7 Å². The summed E-state index contributed by atoms with van der Waals surface area (Å²) in [6.45, 7) is 4.04. The molecule has 1 fully saturated rings. The lowest BCUT2D eigenvalue weighted by Gasteiger charge is -2.23. The minimum Gasteiger partial charge on any atom is -0.496 e. The second-order valence-corrected chi connectivity index (χ2v) is 8.32. The van der Waals surface area contributed by atoms with Crippen LogP contribution in [0.25, 0.3) is 0 Å². The van der Waals surface area contributed by atoms with Crippen molar-refractivity contribution in [3.8, 4) is 5.75 Å². The fourth-order valence-electron chi connectivity index (χ4n) is 2.91. The topological polar surface area (TPSA) is 75.7 Å². The maximum absolute atomic E-state index is 12.6. The van der Waals surface area contributed by atoms with Crippen LogP contribution in [0.15, 0.2) is 12.1 Å². The van der Waals surface area contributed by atoms with Crippen LogP contribution in [0.5, 0.6) is 5.75 Å². The molecule has 0 aliphatic carbocycles. The summed E-state index contributed by atoms with van der Waals surface area (Å²) in [7, 11) is -1.86. The Morgan fingerprint density at radius 1 is 1.46 bits per heavy atom. The van der Waals surface area contributed by atoms with E-state index in [9.17, 15) is 13.2 Å². The van der Waals surface area contributed by atoms with Gasteiger partial charge in [0.15, 0.2) is 0 Å². The number of hydrogen-bond donors (Lipinski definition) is 1. The van der Waals surface area contributed by atoms with Gasteiger partial charge in [-0.3, -0.25) is 4.79 Å². The summed E-state index contributed by atoms with van der Waals surface area (Å²) in [6, 6.07) is 2.67. The highest BCUT2D eigenvalue weighted by Gasteiger charge is 2.38. The van der Waals surface area contributed by atoms with Gasteiger partial charge in [-0.05, 0) is 37.8 Å². The molecule has 1 amide bonds. The number of nitrogens with zero attached hydrogens (tertiary/aromatic N) is 1. The van der Waals surface area contributed by atoms with Gasteiger partial charge in [0, 0.05) is 12.6 Å². The minimum atomic E-state index is -3.41. The molecule has 1 aliphatic rings. The summed E-state index contributed by atoms with van der Waals surface area (Å²) in [5.41, 5.74) is 1.29. The molecular weight excluding hydrogens is 352 g/mol. The number of methoxy groups -OCH3 is 1. The molecule has 6 nitrogen and oxygen atoms in total.